The molecule has 2 heterocycles. The fraction of sp³-hybridized carbons (Fsp3) is 0.0667. The number of aromatic hydroxyl groups is 1. The zero-order valence-electron chi connectivity index (χ0n) is 11.7. The number of hydrogen-bond donors (Lipinski definition) is 2. The van der Waals surface area contributed by atoms with Gasteiger partial charge in [-0.05, 0) is 24.3 Å². The predicted molar refractivity (Wildman–Crippen MR) is 76.8 cm³/mol. The topological polar surface area (TPSA) is 101 Å². The van der Waals surface area contributed by atoms with Crippen LogP contribution >= 0.6 is 0 Å². The normalized spacial score (nSPS) is 10.5. The highest BCUT2D eigenvalue weighted by molar-refractivity contribution is 5.96. The van der Waals surface area contributed by atoms with Gasteiger partial charge >= 0.3 is 0 Å². The van der Waals surface area contributed by atoms with Crippen LogP contribution in [0.2, 0.25) is 0 Å². The quantitative estimate of drug-likeness (QED) is 0.763. The largest absolute Gasteiger partial charge is 0.507 e. The molecule has 23 heavy (non-hydrogen) atoms. The van der Waals surface area contributed by atoms with Gasteiger partial charge in [-0.1, -0.05) is 11.2 Å². The lowest BCUT2D eigenvalue weighted by atomic mass is 10.1. The molecule has 0 saturated heterocycles. The van der Waals surface area contributed by atoms with Gasteiger partial charge in [0, 0.05) is 18.0 Å². The van der Waals surface area contributed by atoms with Gasteiger partial charge < -0.3 is 14.9 Å². The monoisotopic (exact) mass is 314 g/mol. The van der Waals surface area contributed by atoms with Crippen molar-refractivity contribution in [3.8, 4) is 17.1 Å². The summed E-state index contributed by atoms with van der Waals surface area (Å²) in [4.78, 5) is 19.9. The van der Waals surface area contributed by atoms with Crippen molar-refractivity contribution < 1.29 is 18.8 Å². The van der Waals surface area contributed by atoms with Gasteiger partial charge in [0.2, 0.25) is 11.7 Å². The maximum Gasteiger partial charge on any atom is 0.258 e. The number of phenolic OH excluding ortho intramolecular Hbond substituents is 1. The molecule has 0 aliphatic rings. The molecule has 8 heteroatoms. The van der Waals surface area contributed by atoms with E-state index >= 15 is 0 Å². The lowest BCUT2D eigenvalue weighted by molar-refractivity contribution is 0.0939. The number of carbonyl (C=O) groups excluding carboxylic acids is 1. The Bertz CT molecular complexity index is 815. The molecule has 0 aliphatic carbocycles. The van der Waals surface area contributed by atoms with Gasteiger partial charge in [-0.3, -0.25) is 9.78 Å². The Kier molecular flexibility index (Phi) is 3.96. The van der Waals surface area contributed by atoms with E-state index in [-0.39, 0.29) is 12.4 Å². The molecule has 0 unspecified atom stereocenters. The number of phenols is 1. The van der Waals surface area contributed by atoms with Crippen LogP contribution in [0.4, 0.5) is 4.39 Å². The van der Waals surface area contributed by atoms with E-state index in [0.29, 0.717) is 11.4 Å². The van der Waals surface area contributed by atoms with Crippen LogP contribution in [-0.4, -0.2) is 26.1 Å². The average molecular weight is 314 g/mol. The standard InChI is InChI=1S/C15H11FN4O3/c16-10-2-1-3-11(21)13(10)15(22)18-8-12-19-14(20-23-12)9-4-6-17-7-5-9/h1-7,21H,8H2,(H,18,22). The van der Waals surface area contributed by atoms with E-state index in [1.54, 1.807) is 24.5 Å². The molecule has 0 bridgehead atoms. The highest BCUT2D eigenvalue weighted by atomic mass is 19.1. The molecule has 1 amide bonds. The van der Waals surface area contributed by atoms with Gasteiger partial charge in [0.05, 0.1) is 6.54 Å². The zero-order chi connectivity index (χ0) is 16.2. The number of benzene rings is 1. The first-order valence-corrected chi connectivity index (χ1v) is 6.64. The number of amides is 1. The molecule has 1 aromatic carbocycles. The van der Waals surface area contributed by atoms with Crippen LogP contribution in [0.3, 0.4) is 0 Å². The molecule has 0 atom stereocenters. The Hall–Kier alpha value is -3.29. The molecule has 3 aromatic rings. The van der Waals surface area contributed by atoms with Crippen molar-refractivity contribution in [1.29, 1.82) is 0 Å². The number of carbonyl (C=O) groups is 1. The first kappa shape index (κ1) is 14.6. The second kappa shape index (κ2) is 6.22. The highest BCUT2D eigenvalue weighted by Crippen LogP contribution is 2.19. The number of halogens is 1. The number of rotatable bonds is 4. The minimum absolute atomic E-state index is 0.0926. The van der Waals surface area contributed by atoms with E-state index in [0.717, 1.165) is 6.07 Å². The van der Waals surface area contributed by atoms with E-state index in [4.69, 9.17) is 4.52 Å². The second-order valence-corrected chi connectivity index (χ2v) is 4.56. The predicted octanol–water partition coefficient (Wildman–Crippen LogP) is 1.91. The highest BCUT2D eigenvalue weighted by Gasteiger charge is 2.17. The Labute approximate surface area is 129 Å². The summed E-state index contributed by atoms with van der Waals surface area (Å²) >= 11 is 0. The van der Waals surface area contributed by atoms with Crippen molar-refractivity contribution >= 4 is 5.91 Å². The molecule has 0 radical (unpaired) electrons. The number of aromatic nitrogens is 3. The third-order valence-corrected chi connectivity index (χ3v) is 3.03. The molecular weight excluding hydrogens is 303 g/mol. The van der Waals surface area contributed by atoms with Crippen LogP contribution in [0.25, 0.3) is 11.4 Å². The lowest BCUT2D eigenvalue weighted by Gasteiger charge is -2.05. The molecule has 0 aliphatic heterocycles. The van der Waals surface area contributed by atoms with Crippen molar-refractivity contribution in [1.82, 2.24) is 20.4 Å². The smallest absolute Gasteiger partial charge is 0.258 e. The van der Waals surface area contributed by atoms with E-state index in [1.807, 2.05) is 0 Å². The SMILES string of the molecule is O=C(NCc1nc(-c2ccncc2)no1)c1c(O)cccc1F. The first-order valence-electron chi connectivity index (χ1n) is 6.64. The van der Waals surface area contributed by atoms with E-state index in [2.05, 4.69) is 20.4 Å². The van der Waals surface area contributed by atoms with Crippen LogP contribution in [0.1, 0.15) is 16.2 Å². The molecule has 7 nitrogen and oxygen atoms in total. The van der Waals surface area contributed by atoms with Gasteiger partial charge in [-0.15, -0.1) is 0 Å². The molecule has 3 rings (SSSR count). The van der Waals surface area contributed by atoms with E-state index in [1.165, 1.54) is 12.1 Å². The lowest BCUT2D eigenvalue weighted by Crippen LogP contribution is -2.24. The second-order valence-electron chi connectivity index (χ2n) is 4.56. The summed E-state index contributed by atoms with van der Waals surface area (Å²) < 4.78 is 18.6. The average Bonchev–Trinajstić information content (AvgIpc) is 3.02. The molecule has 0 saturated carbocycles. The summed E-state index contributed by atoms with van der Waals surface area (Å²) in [5.41, 5.74) is 0.287. The summed E-state index contributed by atoms with van der Waals surface area (Å²) in [5.74, 6) is -1.52. The third-order valence-electron chi connectivity index (χ3n) is 3.03. The van der Waals surface area contributed by atoms with Crippen LogP contribution in [0, 0.1) is 5.82 Å². The Balaban J connectivity index is 1.70. The zero-order valence-corrected chi connectivity index (χ0v) is 11.7. The van der Waals surface area contributed by atoms with Gasteiger partial charge in [0.1, 0.15) is 17.1 Å². The number of pyridine rings is 1. The van der Waals surface area contributed by atoms with Crippen LogP contribution in [-0.2, 0) is 6.54 Å². The fourth-order valence-electron chi connectivity index (χ4n) is 1.93. The Morgan fingerprint density at radius 2 is 2.04 bits per heavy atom. The number of hydrogen-bond acceptors (Lipinski definition) is 6. The molecule has 2 aromatic heterocycles. The van der Waals surface area contributed by atoms with E-state index in [9.17, 15) is 14.3 Å². The van der Waals surface area contributed by atoms with Gasteiger partial charge in [-0.25, -0.2) is 4.39 Å². The minimum atomic E-state index is -0.814. The van der Waals surface area contributed by atoms with E-state index < -0.39 is 23.0 Å². The fourth-order valence-corrected chi connectivity index (χ4v) is 1.93. The Morgan fingerprint density at radius 3 is 2.78 bits per heavy atom. The maximum absolute atomic E-state index is 13.6. The third kappa shape index (κ3) is 3.15. The summed E-state index contributed by atoms with van der Waals surface area (Å²) in [6, 6.07) is 7.05. The number of nitrogens with one attached hydrogen (secondary N) is 1. The Morgan fingerprint density at radius 1 is 1.26 bits per heavy atom. The molecule has 0 spiro atoms. The van der Waals surface area contributed by atoms with Gasteiger partial charge in [0.15, 0.2) is 0 Å². The minimum Gasteiger partial charge on any atom is -0.507 e. The van der Waals surface area contributed by atoms with Crippen LogP contribution < -0.4 is 5.32 Å². The molecule has 2 N–H and O–H groups in total. The summed E-state index contributed by atoms with van der Waals surface area (Å²) in [7, 11) is 0. The summed E-state index contributed by atoms with van der Waals surface area (Å²) in [6.45, 7) is -0.0926. The first-order chi connectivity index (χ1) is 11.1. The molecular formula is C15H11FN4O3. The van der Waals surface area contributed by atoms with Crippen LogP contribution in [0.15, 0.2) is 47.2 Å². The number of nitrogens with zero attached hydrogens (tertiary/aromatic N) is 3. The molecule has 0 fully saturated rings. The summed E-state index contributed by atoms with van der Waals surface area (Å²) in [6.07, 6.45) is 3.18. The van der Waals surface area contributed by atoms with Crippen molar-refractivity contribution in [2.45, 2.75) is 6.54 Å². The van der Waals surface area contributed by atoms with Crippen molar-refractivity contribution in [2.24, 2.45) is 0 Å². The van der Waals surface area contributed by atoms with Crippen LogP contribution in [0.5, 0.6) is 5.75 Å². The molecule has 116 valence electrons. The van der Waals surface area contributed by atoms with Crippen molar-refractivity contribution in [3.05, 3.63) is 60.0 Å². The summed E-state index contributed by atoms with van der Waals surface area (Å²) in [5, 5.41) is 15.8. The van der Waals surface area contributed by atoms with Gasteiger partial charge in [0.25, 0.3) is 5.91 Å². The van der Waals surface area contributed by atoms with Gasteiger partial charge in [-0.2, -0.15) is 4.98 Å². The maximum atomic E-state index is 13.6. The van der Waals surface area contributed by atoms with Crippen molar-refractivity contribution in [2.75, 3.05) is 0 Å². The van der Waals surface area contributed by atoms with Crippen molar-refractivity contribution in [3.63, 3.8) is 0 Å².